The number of thiol groups is 1. The highest BCUT2D eigenvalue weighted by Gasteiger charge is 2.19. The molecule has 1 aliphatic carbocycles. The van der Waals surface area contributed by atoms with Gasteiger partial charge < -0.3 is 14.3 Å². The van der Waals surface area contributed by atoms with Crippen molar-refractivity contribution in [2.75, 3.05) is 20.2 Å². The molecule has 0 aromatic carbocycles. The lowest BCUT2D eigenvalue weighted by molar-refractivity contribution is 0.195. The van der Waals surface area contributed by atoms with Crippen LogP contribution in [0.25, 0.3) is 0 Å². The first-order valence-electron chi connectivity index (χ1n) is 4.89. The van der Waals surface area contributed by atoms with Crippen molar-refractivity contribution in [3.63, 3.8) is 0 Å². The van der Waals surface area contributed by atoms with Crippen LogP contribution in [0.3, 0.4) is 0 Å². The summed E-state index contributed by atoms with van der Waals surface area (Å²) >= 11 is 8.47. The molecule has 0 aromatic heterocycles. The molecular formula is C8H18NO2PS2. The molecular weight excluding hydrogens is 237 g/mol. The summed E-state index contributed by atoms with van der Waals surface area (Å²) in [6.45, 7) is 1.30. The van der Waals surface area contributed by atoms with E-state index in [1.165, 1.54) is 25.7 Å². The minimum Gasteiger partial charge on any atom is -0.338 e. The van der Waals surface area contributed by atoms with Crippen LogP contribution in [0.1, 0.15) is 25.7 Å². The quantitative estimate of drug-likeness (QED) is 0.581. The number of rotatable bonds is 5. The SMILES string of the molecule is CN(CCOP(O)(=S)S)C1CCCC1. The zero-order valence-corrected chi connectivity index (χ0v) is 11.0. The van der Waals surface area contributed by atoms with Gasteiger partial charge in [0.2, 0.25) is 5.69 Å². The van der Waals surface area contributed by atoms with Gasteiger partial charge in [0.1, 0.15) is 0 Å². The summed E-state index contributed by atoms with van der Waals surface area (Å²) in [5.74, 6) is 0. The zero-order chi connectivity index (χ0) is 10.6. The van der Waals surface area contributed by atoms with Gasteiger partial charge in [0.25, 0.3) is 0 Å². The molecule has 0 spiro atoms. The van der Waals surface area contributed by atoms with E-state index < -0.39 is 5.69 Å². The molecule has 1 atom stereocenters. The maximum atomic E-state index is 9.15. The summed E-state index contributed by atoms with van der Waals surface area (Å²) in [5, 5.41) is 0. The van der Waals surface area contributed by atoms with Crippen LogP contribution >= 0.6 is 17.9 Å². The summed E-state index contributed by atoms with van der Waals surface area (Å²) in [5.41, 5.74) is -2.75. The van der Waals surface area contributed by atoms with Crippen LogP contribution in [-0.2, 0) is 16.3 Å². The van der Waals surface area contributed by atoms with Crippen molar-refractivity contribution >= 4 is 29.7 Å². The van der Waals surface area contributed by atoms with Crippen molar-refractivity contribution < 1.29 is 9.42 Å². The van der Waals surface area contributed by atoms with Gasteiger partial charge in [-0.3, -0.25) is 0 Å². The first-order chi connectivity index (χ1) is 6.49. The first-order valence-corrected chi connectivity index (χ1v) is 8.72. The van der Waals surface area contributed by atoms with E-state index in [9.17, 15) is 0 Å². The summed E-state index contributed by atoms with van der Waals surface area (Å²) < 4.78 is 5.06. The molecule has 1 N–H and O–H groups in total. The molecule has 1 fully saturated rings. The van der Waals surface area contributed by atoms with E-state index in [0.717, 1.165) is 6.54 Å². The minimum atomic E-state index is -2.75. The third-order valence-electron chi connectivity index (χ3n) is 2.65. The largest absolute Gasteiger partial charge is 0.338 e. The van der Waals surface area contributed by atoms with Crippen LogP contribution < -0.4 is 0 Å². The Morgan fingerprint density at radius 2 is 2.14 bits per heavy atom. The van der Waals surface area contributed by atoms with E-state index in [0.29, 0.717) is 12.6 Å². The highest BCUT2D eigenvalue weighted by Crippen LogP contribution is 2.46. The zero-order valence-electron chi connectivity index (χ0n) is 8.43. The van der Waals surface area contributed by atoms with Gasteiger partial charge in [-0.15, -0.1) is 0 Å². The van der Waals surface area contributed by atoms with Gasteiger partial charge in [-0.05, 0) is 31.7 Å². The molecule has 3 nitrogen and oxygen atoms in total. The lowest BCUT2D eigenvalue weighted by Gasteiger charge is -2.24. The van der Waals surface area contributed by atoms with Gasteiger partial charge in [0.15, 0.2) is 0 Å². The van der Waals surface area contributed by atoms with E-state index in [2.05, 4.69) is 36.0 Å². The topological polar surface area (TPSA) is 32.7 Å². The monoisotopic (exact) mass is 255 g/mol. The number of hydrogen-bond acceptors (Lipinski definition) is 3. The van der Waals surface area contributed by atoms with Crippen LogP contribution in [0.5, 0.6) is 0 Å². The Hall–Kier alpha value is 0.880. The second-order valence-electron chi connectivity index (χ2n) is 3.74. The Morgan fingerprint density at radius 3 is 2.64 bits per heavy atom. The molecule has 14 heavy (non-hydrogen) atoms. The molecule has 1 saturated carbocycles. The standard InChI is InChI=1S/C8H18NO2PS2/c1-9(8-4-2-3-5-8)6-7-11-12(10,13)14/h8H,2-7H2,1H3,(H2,10,13,14). The van der Waals surface area contributed by atoms with E-state index in [-0.39, 0.29) is 0 Å². The van der Waals surface area contributed by atoms with Gasteiger partial charge in [0, 0.05) is 12.6 Å². The van der Waals surface area contributed by atoms with Gasteiger partial charge in [-0.25, -0.2) is 0 Å². The normalized spacial score (nSPS) is 22.9. The lowest BCUT2D eigenvalue weighted by atomic mass is 10.2. The summed E-state index contributed by atoms with van der Waals surface area (Å²) in [4.78, 5) is 11.4. The molecule has 0 saturated heterocycles. The molecule has 1 rings (SSSR count). The maximum absolute atomic E-state index is 9.15. The van der Waals surface area contributed by atoms with Crippen molar-refractivity contribution in [3.05, 3.63) is 0 Å². The van der Waals surface area contributed by atoms with Crippen LogP contribution in [0.2, 0.25) is 0 Å². The van der Waals surface area contributed by atoms with E-state index in [4.69, 9.17) is 9.42 Å². The number of nitrogens with zero attached hydrogens (tertiary/aromatic N) is 1. The van der Waals surface area contributed by atoms with Gasteiger partial charge in [0.05, 0.1) is 6.61 Å². The smallest absolute Gasteiger partial charge is 0.241 e. The number of likely N-dealkylation sites (N-methyl/N-ethyl adjacent to an activating group) is 1. The van der Waals surface area contributed by atoms with Crippen molar-refractivity contribution in [1.29, 1.82) is 0 Å². The molecule has 0 bridgehead atoms. The Morgan fingerprint density at radius 1 is 1.57 bits per heavy atom. The molecule has 0 heterocycles. The van der Waals surface area contributed by atoms with Gasteiger partial charge >= 0.3 is 0 Å². The van der Waals surface area contributed by atoms with E-state index >= 15 is 0 Å². The molecule has 84 valence electrons. The third kappa shape index (κ3) is 5.10. The van der Waals surface area contributed by atoms with Crippen LogP contribution in [0.15, 0.2) is 0 Å². The fourth-order valence-electron chi connectivity index (χ4n) is 1.83. The fraction of sp³-hybridized carbons (Fsp3) is 1.00. The maximum Gasteiger partial charge on any atom is 0.241 e. The van der Waals surface area contributed by atoms with Gasteiger partial charge in [-0.2, -0.15) is 0 Å². The molecule has 1 unspecified atom stereocenters. The molecule has 0 aromatic rings. The minimum absolute atomic E-state index is 0.476. The average molecular weight is 255 g/mol. The highest BCUT2D eigenvalue weighted by molar-refractivity contribution is 8.59. The van der Waals surface area contributed by atoms with Crippen molar-refractivity contribution in [1.82, 2.24) is 4.90 Å². The number of hydrogen-bond donors (Lipinski definition) is 2. The molecule has 0 aliphatic heterocycles. The van der Waals surface area contributed by atoms with Crippen molar-refractivity contribution in [2.45, 2.75) is 31.7 Å². The molecule has 6 heteroatoms. The predicted octanol–water partition coefficient (Wildman–Crippen LogP) is 2.02. The Balaban J connectivity index is 2.14. The molecule has 1 aliphatic rings. The Bertz CT molecular complexity index is 215. The van der Waals surface area contributed by atoms with Gasteiger partial charge in [-0.1, -0.05) is 25.1 Å². The summed E-state index contributed by atoms with van der Waals surface area (Å²) in [6, 6.07) is 0.690. The summed E-state index contributed by atoms with van der Waals surface area (Å²) in [6.07, 6.45) is 5.23. The second kappa shape index (κ2) is 5.83. The summed E-state index contributed by atoms with van der Waals surface area (Å²) in [7, 11) is 2.10. The van der Waals surface area contributed by atoms with E-state index in [1.807, 2.05) is 0 Å². The van der Waals surface area contributed by atoms with Crippen LogP contribution in [0.4, 0.5) is 0 Å². The van der Waals surface area contributed by atoms with Crippen LogP contribution in [0, 0.1) is 0 Å². The van der Waals surface area contributed by atoms with Crippen molar-refractivity contribution in [2.24, 2.45) is 0 Å². The molecule has 0 amide bonds. The lowest BCUT2D eigenvalue weighted by Crippen LogP contribution is -2.31. The second-order valence-corrected chi connectivity index (χ2v) is 8.91. The Labute approximate surface area is 96.2 Å². The van der Waals surface area contributed by atoms with E-state index in [1.54, 1.807) is 0 Å². The molecule has 0 radical (unpaired) electrons. The van der Waals surface area contributed by atoms with Crippen molar-refractivity contribution in [3.8, 4) is 0 Å². The highest BCUT2D eigenvalue weighted by atomic mass is 32.9. The predicted molar refractivity (Wildman–Crippen MR) is 66.3 cm³/mol. The van der Waals surface area contributed by atoms with Crippen LogP contribution in [-0.4, -0.2) is 36.0 Å². The Kier molecular flexibility index (Phi) is 5.39. The average Bonchev–Trinajstić information content (AvgIpc) is 2.53. The first kappa shape index (κ1) is 12.9. The third-order valence-corrected chi connectivity index (χ3v) is 3.83. The fourth-order valence-corrected chi connectivity index (χ4v) is 2.62.